The van der Waals surface area contributed by atoms with Crippen LogP contribution in [0.15, 0.2) is 65.0 Å². The number of amides is 1. The molecule has 0 bridgehead atoms. The van der Waals surface area contributed by atoms with Crippen molar-refractivity contribution in [1.29, 1.82) is 0 Å². The molecule has 0 unspecified atom stereocenters. The highest BCUT2D eigenvalue weighted by atomic mass is 32.2. The molecule has 0 radical (unpaired) electrons. The van der Waals surface area contributed by atoms with Gasteiger partial charge in [0.05, 0.1) is 0 Å². The van der Waals surface area contributed by atoms with Gasteiger partial charge in [0.1, 0.15) is 0 Å². The van der Waals surface area contributed by atoms with Crippen LogP contribution < -0.4 is 10.6 Å². The van der Waals surface area contributed by atoms with Crippen molar-refractivity contribution in [2.45, 2.75) is 0 Å². The fraction of sp³-hybridized carbons (Fsp3) is 0.0714. The van der Waals surface area contributed by atoms with E-state index in [1.54, 1.807) is 60.7 Å². The van der Waals surface area contributed by atoms with Crippen LogP contribution in [0, 0.1) is 0 Å². The molecule has 1 amide bonds. The van der Waals surface area contributed by atoms with Gasteiger partial charge in [0.2, 0.25) is 0 Å². The number of benzene rings is 2. The summed E-state index contributed by atoms with van der Waals surface area (Å²) in [6.45, 7) is 0. The molecule has 114 valence electrons. The van der Waals surface area contributed by atoms with Gasteiger partial charge in [0.25, 0.3) is 0 Å². The van der Waals surface area contributed by atoms with Crippen LogP contribution in [-0.2, 0) is 19.8 Å². The molecule has 0 aliphatic carbocycles. The lowest BCUT2D eigenvalue weighted by Crippen LogP contribution is -2.20. The molecule has 2 aromatic rings. The van der Waals surface area contributed by atoms with Crippen LogP contribution in [0.5, 0.6) is 0 Å². The lowest BCUT2D eigenvalue weighted by Gasteiger charge is -2.18. The minimum Gasteiger partial charge on any atom is -0.439 e. The lowest BCUT2D eigenvalue weighted by atomic mass is 10.4. The van der Waals surface area contributed by atoms with Gasteiger partial charge in [0.15, 0.2) is 13.5 Å². The van der Waals surface area contributed by atoms with E-state index < -0.39 is 30.1 Å². The van der Waals surface area contributed by atoms with E-state index in [1.165, 1.54) is 0 Å². The first kappa shape index (κ1) is 16.1. The molecule has 0 N–H and O–H groups in total. The van der Waals surface area contributed by atoms with Crippen molar-refractivity contribution in [1.82, 2.24) is 0 Å². The summed E-state index contributed by atoms with van der Waals surface area (Å²) in [6.07, 6.45) is -1.75. The zero-order valence-electron chi connectivity index (χ0n) is 11.3. The van der Waals surface area contributed by atoms with E-state index in [2.05, 4.69) is 4.36 Å². The number of carbonyl (C=O) groups is 1. The Bertz CT molecular complexity index is 783. The number of nitrogens with zero attached hydrogens (tertiary/aromatic N) is 1. The first-order valence-corrected chi connectivity index (χ1v) is 9.13. The Hall–Kier alpha value is -2.24. The fourth-order valence-corrected chi connectivity index (χ4v) is 4.24. The highest BCUT2D eigenvalue weighted by Crippen LogP contribution is 2.43. The molecule has 6 nitrogen and oxygen atoms in total. The second kappa shape index (κ2) is 7.15. The minimum absolute atomic E-state index is 0.458. The summed E-state index contributed by atoms with van der Waals surface area (Å²) in [5.74, 6) is 0. The first-order valence-electron chi connectivity index (χ1n) is 6.20. The largest absolute Gasteiger partial charge is 0.449 e. The van der Waals surface area contributed by atoms with Crippen molar-refractivity contribution in [3.63, 3.8) is 0 Å². The second-order valence-corrected chi connectivity index (χ2v) is 7.65. The van der Waals surface area contributed by atoms with Crippen molar-refractivity contribution < 1.29 is 22.5 Å². The summed E-state index contributed by atoms with van der Waals surface area (Å²) < 4.78 is 41.5. The van der Waals surface area contributed by atoms with E-state index in [4.69, 9.17) is 4.74 Å². The van der Waals surface area contributed by atoms with Crippen LogP contribution in [0.2, 0.25) is 0 Å². The van der Waals surface area contributed by atoms with Gasteiger partial charge in [-0.2, -0.15) is 8.42 Å². The maximum atomic E-state index is 13.3. The third kappa shape index (κ3) is 3.90. The SMILES string of the molecule is O=C(N=S(=O)=O)OCP(=O)(c1ccccc1)c1ccccc1. The van der Waals surface area contributed by atoms with Crippen LogP contribution in [0.25, 0.3) is 0 Å². The highest BCUT2D eigenvalue weighted by Gasteiger charge is 2.29. The fourth-order valence-electron chi connectivity index (χ4n) is 1.87. The normalized spacial score (nSPS) is 10.7. The number of rotatable bonds is 4. The lowest BCUT2D eigenvalue weighted by molar-refractivity contribution is 0.176. The molecule has 0 aromatic heterocycles. The van der Waals surface area contributed by atoms with E-state index >= 15 is 0 Å². The summed E-state index contributed by atoms with van der Waals surface area (Å²) in [5.41, 5.74) is 0. The molecular formula is C14H12NO5PS. The quantitative estimate of drug-likeness (QED) is 0.798. The van der Waals surface area contributed by atoms with E-state index in [0.29, 0.717) is 10.6 Å². The van der Waals surface area contributed by atoms with Gasteiger partial charge in [-0.25, -0.2) is 4.79 Å². The molecule has 0 aliphatic rings. The smallest absolute Gasteiger partial charge is 0.439 e. The first-order chi connectivity index (χ1) is 10.5. The van der Waals surface area contributed by atoms with Crippen molar-refractivity contribution in [3.05, 3.63) is 60.7 Å². The van der Waals surface area contributed by atoms with Crippen molar-refractivity contribution in [3.8, 4) is 0 Å². The van der Waals surface area contributed by atoms with Gasteiger partial charge < -0.3 is 9.30 Å². The molecule has 22 heavy (non-hydrogen) atoms. The predicted octanol–water partition coefficient (Wildman–Crippen LogP) is 2.16. The standard InChI is InChI=1S/C14H12NO5PS/c16-14(15-22(18)19)20-11-21(17,12-7-3-1-4-8-12)13-9-5-2-6-10-13/h1-10H,11H2. The minimum atomic E-state index is -3.23. The van der Waals surface area contributed by atoms with E-state index in [0.717, 1.165) is 0 Å². The highest BCUT2D eigenvalue weighted by molar-refractivity contribution is 7.78. The van der Waals surface area contributed by atoms with Crippen LogP contribution >= 0.6 is 7.14 Å². The van der Waals surface area contributed by atoms with Crippen molar-refractivity contribution in [2.24, 2.45) is 4.36 Å². The molecule has 8 heteroatoms. The molecule has 2 aromatic carbocycles. The second-order valence-electron chi connectivity index (χ2n) is 4.26. The number of hydrogen-bond acceptors (Lipinski definition) is 5. The number of ether oxygens (including phenoxy) is 1. The molecule has 0 spiro atoms. The summed E-state index contributed by atoms with van der Waals surface area (Å²) >= 11 is 0. The average molecular weight is 337 g/mol. The summed E-state index contributed by atoms with van der Waals surface area (Å²) in [6, 6.07) is 17.1. The molecule has 0 fully saturated rings. The molecule has 0 heterocycles. The molecule has 0 saturated carbocycles. The molecule has 0 atom stereocenters. The molecule has 0 saturated heterocycles. The van der Waals surface area contributed by atoms with Gasteiger partial charge in [-0.15, -0.1) is 0 Å². The van der Waals surface area contributed by atoms with Crippen LogP contribution in [-0.4, -0.2) is 20.9 Å². The molecule has 0 aliphatic heterocycles. The Balaban J connectivity index is 2.38. The van der Waals surface area contributed by atoms with Gasteiger partial charge in [0, 0.05) is 10.6 Å². The Kier molecular flexibility index (Phi) is 5.25. The number of hydrogen-bond donors (Lipinski definition) is 0. The van der Waals surface area contributed by atoms with E-state index in [9.17, 15) is 17.8 Å². The Labute approximate surface area is 128 Å². The molecule has 2 rings (SSSR count). The maximum Gasteiger partial charge on any atom is 0.449 e. The zero-order chi connectivity index (χ0) is 16.0. The van der Waals surface area contributed by atoms with Crippen molar-refractivity contribution >= 4 is 34.3 Å². The van der Waals surface area contributed by atoms with Crippen molar-refractivity contribution in [2.75, 3.05) is 6.35 Å². The summed E-state index contributed by atoms with van der Waals surface area (Å²) in [7, 11) is -6.13. The Morgan fingerprint density at radius 3 is 1.82 bits per heavy atom. The van der Waals surface area contributed by atoms with Gasteiger partial charge in [-0.05, 0) is 0 Å². The van der Waals surface area contributed by atoms with Gasteiger partial charge in [-0.1, -0.05) is 65.0 Å². The molecular weight excluding hydrogens is 325 g/mol. The Morgan fingerprint density at radius 1 is 0.955 bits per heavy atom. The monoisotopic (exact) mass is 337 g/mol. The average Bonchev–Trinajstić information content (AvgIpc) is 2.54. The zero-order valence-corrected chi connectivity index (χ0v) is 13.0. The Morgan fingerprint density at radius 2 is 1.41 bits per heavy atom. The predicted molar refractivity (Wildman–Crippen MR) is 82.5 cm³/mol. The van der Waals surface area contributed by atoms with Crippen LogP contribution in [0.3, 0.4) is 0 Å². The van der Waals surface area contributed by atoms with Crippen LogP contribution in [0.1, 0.15) is 0 Å². The number of carbonyl (C=O) groups excluding carboxylic acids is 1. The summed E-state index contributed by atoms with van der Waals surface area (Å²) in [4.78, 5) is 11.3. The van der Waals surface area contributed by atoms with E-state index in [-0.39, 0.29) is 0 Å². The topological polar surface area (TPSA) is 89.9 Å². The van der Waals surface area contributed by atoms with E-state index in [1.807, 2.05) is 0 Å². The van der Waals surface area contributed by atoms with Crippen LogP contribution in [0.4, 0.5) is 4.79 Å². The third-order valence-corrected chi connectivity index (χ3v) is 5.92. The summed E-state index contributed by atoms with van der Waals surface area (Å²) in [5, 5.41) is 1.02. The maximum absolute atomic E-state index is 13.3. The van der Waals surface area contributed by atoms with Gasteiger partial charge >= 0.3 is 16.6 Å². The van der Waals surface area contributed by atoms with Gasteiger partial charge in [-0.3, -0.25) is 0 Å². The third-order valence-electron chi connectivity index (χ3n) is 2.87.